The van der Waals surface area contributed by atoms with E-state index in [0.29, 0.717) is 17.5 Å². The van der Waals surface area contributed by atoms with E-state index < -0.39 is 0 Å². The highest BCUT2D eigenvalue weighted by Gasteiger charge is 2.37. The lowest BCUT2D eigenvalue weighted by Crippen LogP contribution is -2.32. The first-order valence-corrected chi connectivity index (χ1v) is 12.8. The number of ketones is 1. The Hall–Kier alpha value is -4.04. The molecule has 8 heteroatoms. The Balaban J connectivity index is 1.18. The zero-order chi connectivity index (χ0) is 25.4. The Morgan fingerprint density at radius 1 is 1.08 bits per heavy atom. The summed E-state index contributed by atoms with van der Waals surface area (Å²) >= 11 is 0. The number of rotatable bonds is 9. The van der Waals surface area contributed by atoms with Crippen molar-refractivity contribution in [1.29, 1.82) is 0 Å². The predicted octanol–water partition coefficient (Wildman–Crippen LogP) is 5.04. The molecule has 2 saturated carbocycles. The number of nitrogens with two attached hydrogens (primary N) is 1. The van der Waals surface area contributed by atoms with Crippen molar-refractivity contribution in [3.63, 3.8) is 0 Å². The van der Waals surface area contributed by atoms with E-state index in [2.05, 4.69) is 21.9 Å². The molecule has 0 amide bonds. The van der Waals surface area contributed by atoms with Gasteiger partial charge in [0.1, 0.15) is 29.3 Å². The van der Waals surface area contributed by atoms with E-state index in [4.69, 9.17) is 15.6 Å². The van der Waals surface area contributed by atoms with E-state index in [0.717, 1.165) is 47.5 Å². The van der Waals surface area contributed by atoms with Crippen molar-refractivity contribution in [2.75, 3.05) is 19.3 Å². The van der Waals surface area contributed by atoms with Gasteiger partial charge in [0.05, 0.1) is 11.4 Å². The highest BCUT2D eigenvalue weighted by Crippen LogP contribution is 2.42. The molecule has 0 unspecified atom stereocenters. The molecule has 0 radical (unpaired) electrons. The van der Waals surface area contributed by atoms with Crippen molar-refractivity contribution >= 4 is 22.6 Å². The van der Waals surface area contributed by atoms with Gasteiger partial charge in [0, 0.05) is 24.1 Å². The summed E-state index contributed by atoms with van der Waals surface area (Å²) in [7, 11) is 2.11. The highest BCUT2D eigenvalue weighted by molar-refractivity contribution is 5.98. The zero-order valence-electron chi connectivity index (χ0n) is 20.8. The fraction of sp³-hybridized carbons (Fsp3) is 0.310. The molecular formula is C29H30N6O2. The number of benzene rings is 2. The molecule has 0 saturated heterocycles. The molecule has 2 aliphatic rings. The van der Waals surface area contributed by atoms with Gasteiger partial charge in [-0.05, 0) is 75.2 Å². The van der Waals surface area contributed by atoms with Gasteiger partial charge >= 0.3 is 0 Å². The number of carbonyl (C=O) groups excluding carboxylic acids is 1. The molecule has 4 aromatic rings. The Bertz CT molecular complexity index is 1440. The molecule has 2 aliphatic carbocycles. The maximum atomic E-state index is 12.7. The molecule has 2 fully saturated rings. The second-order valence-corrected chi connectivity index (χ2v) is 9.99. The number of para-hydroxylation sites is 1. The third kappa shape index (κ3) is 4.84. The summed E-state index contributed by atoms with van der Waals surface area (Å²) in [4.78, 5) is 23.7. The first kappa shape index (κ1) is 23.4. The molecule has 2 aromatic heterocycles. The fourth-order valence-electron chi connectivity index (χ4n) is 4.91. The summed E-state index contributed by atoms with van der Waals surface area (Å²) in [6.45, 7) is 0.824. The first-order chi connectivity index (χ1) is 18.1. The van der Waals surface area contributed by atoms with E-state index in [1.165, 1.54) is 19.2 Å². The number of nitrogen functional groups attached to an aromatic ring is 1. The first-order valence-electron chi connectivity index (χ1n) is 12.8. The minimum atomic E-state index is 0.0174. The maximum Gasteiger partial charge on any atom is 0.164 e. The van der Waals surface area contributed by atoms with Gasteiger partial charge in [-0.15, -0.1) is 0 Å². The quantitative estimate of drug-likeness (QED) is 0.326. The van der Waals surface area contributed by atoms with Gasteiger partial charge in [0.2, 0.25) is 0 Å². The lowest BCUT2D eigenvalue weighted by atomic mass is 9.77. The molecule has 2 heterocycles. The van der Waals surface area contributed by atoms with Crippen LogP contribution in [0.25, 0.3) is 22.3 Å². The van der Waals surface area contributed by atoms with Crippen LogP contribution >= 0.6 is 0 Å². The summed E-state index contributed by atoms with van der Waals surface area (Å²) in [5, 5.41) is 5.65. The number of nitrogens with zero attached hydrogens (tertiary/aromatic N) is 5. The van der Waals surface area contributed by atoms with Gasteiger partial charge < -0.3 is 10.5 Å². The van der Waals surface area contributed by atoms with Crippen molar-refractivity contribution < 1.29 is 9.53 Å². The van der Waals surface area contributed by atoms with Crippen LogP contribution in [0.3, 0.4) is 0 Å². The summed E-state index contributed by atoms with van der Waals surface area (Å²) < 4.78 is 7.85. The molecule has 6 rings (SSSR count). The Kier molecular flexibility index (Phi) is 6.18. The van der Waals surface area contributed by atoms with Gasteiger partial charge in [-0.25, -0.2) is 14.6 Å². The van der Waals surface area contributed by atoms with Crippen LogP contribution < -0.4 is 10.5 Å². The van der Waals surface area contributed by atoms with Crippen LogP contribution in [0.5, 0.6) is 11.5 Å². The van der Waals surface area contributed by atoms with E-state index in [1.807, 2.05) is 65.4 Å². The number of allylic oxidation sites excluding steroid dienone is 1. The average Bonchev–Trinajstić information content (AvgIpc) is 3.66. The molecular weight excluding hydrogens is 464 g/mol. The number of hydrogen-bond donors (Lipinski definition) is 1. The third-order valence-corrected chi connectivity index (χ3v) is 7.33. The van der Waals surface area contributed by atoms with Crippen molar-refractivity contribution in [2.24, 2.45) is 5.92 Å². The van der Waals surface area contributed by atoms with Gasteiger partial charge in [-0.3, -0.25) is 9.69 Å². The molecule has 2 aromatic carbocycles. The standard InChI is InChI=1S/C29H30N6O2/c1-34(21-11-12-21)15-5-8-25(36)20-16-22(17-20)35-29-26(28(30)31-18-32-29)27(33-35)19-9-13-24(14-10-19)37-23-6-3-2-4-7-23/h2-10,13-14,18,20-22H,11-12,15-17H2,1H3,(H2,30,31,32)/b8-5+. The van der Waals surface area contributed by atoms with Crippen LogP contribution in [0.1, 0.15) is 31.7 Å². The lowest BCUT2D eigenvalue weighted by Gasteiger charge is -2.33. The Morgan fingerprint density at radius 3 is 2.54 bits per heavy atom. The maximum absolute atomic E-state index is 12.7. The second kappa shape index (κ2) is 9.78. The molecule has 0 spiro atoms. The van der Waals surface area contributed by atoms with E-state index >= 15 is 0 Å². The van der Waals surface area contributed by atoms with Crippen LogP contribution in [-0.4, -0.2) is 50.1 Å². The Labute approximate surface area is 215 Å². The van der Waals surface area contributed by atoms with Gasteiger partial charge in [0.15, 0.2) is 11.4 Å². The number of fused-ring (bicyclic) bond motifs is 1. The van der Waals surface area contributed by atoms with Crippen molar-refractivity contribution in [3.05, 3.63) is 73.1 Å². The monoisotopic (exact) mass is 494 g/mol. The van der Waals surface area contributed by atoms with E-state index in [9.17, 15) is 4.79 Å². The Morgan fingerprint density at radius 2 is 1.81 bits per heavy atom. The molecule has 2 N–H and O–H groups in total. The number of likely N-dealkylation sites (N-methyl/N-ethyl adjacent to an activating group) is 1. The molecule has 0 bridgehead atoms. The van der Waals surface area contributed by atoms with Crippen LogP contribution in [0, 0.1) is 5.92 Å². The van der Waals surface area contributed by atoms with Crippen LogP contribution in [0.15, 0.2) is 73.1 Å². The highest BCUT2D eigenvalue weighted by atomic mass is 16.5. The van der Waals surface area contributed by atoms with E-state index in [1.54, 1.807) is 6.08 Å². The van der Waals surface area contributed by atoms with Crippen molar-refractivity contribution in [3.8, 4) is 22.8 Å². The largest absolute Gasteiger partial charge is 0.457 e. The molecule has 0 aliphatic heterocycles. The number of aromatic nitrogens is 4. The van der Waals surface area contributed by atoms with Crippen molar-refractivity contribution in [1.82, 2.24) is 24.6 Å². The van der Waals surface area contributed by atoms with Gasteiger partial charge in [-0.2, -0.15) is 5.10 Å². The van der Waals surface area contributed by atoms with Crippen LogP contribution in [-0.2, 0) is 4.79 Å². The minimum Gasteiger partial charge on any atom is -0.457 e. The number of ether oxygens (including phenoxy) is 1. The number of anilines is 1. The topological polar surface area (TPSA) is 99.2 Å². The smallest absolute Gasteiger partial charge is 0.164 e. The molecule has 8 nitrogen and oxygen atoms in total. The molecule has 37 heavy (non-hydrogen) atoms. The lowest BCUT2D eigenvalue weighted by molar-refractivity contribution is -0.121. The molecule has 188 valence electrons. The van der Waals surface area contributed by atoms with E-state index in [-0.39, 0.29) is 17.7 Å². The molecule has 0 atom stereocenters. The average molecular weight is 495 g/mol. The summed E-state index contributed by atoms with van der Waals surface area (Å²) in [6.07, 6.45) is 9.23. The third-order valence-electron chi connectivity index (χ3n) is 7.33. The summed E-state index contributed by atoms with van der Waals surface area (Å²) in [5.41, 5.74) is 8.62. The van der Waals surface area contributed by atoms with Gasteiger partial charge in [-0.1, -0.05) is 24.3 Å². The van der Waals surface area contributed by atoms with Crippen LogP contribution in [0.4, 0.5) is 5.82 Å². The second-order valence-electron chi connectivity index (χ2n) is 9.99. The van der Waals surface area contributed by atoms with Crippen molar-refractivity contribution in [2.45, 2.75) is 37.8 Å². The normalized spacial score (nSPS) is 19.4. The van der Waals surface area contributed by atoms with Crippen LogP contribution in [0.2, 0.25) is 0 Å². The number of carbonyl (C=O) groups is 1. The fourth-order valence-corrected chi connectivity index (χ4v) is 4.91. The SMILES string of the molecule is CN(C/C=C/C(=O)C1CC(n2nc(-c3ccc(Oc4ccccc4)cc3)c3c(N)ncnc32)C1)C1CC1. The minimum absolute atomic E-state index is 0.0174. The van der Waals surface area contributed by atoms with Gasteiger partial charge in [0.25, 0.3) is 0 Å². The number of hydrogen-bond acceptors (Lipinski definition) is 7. The summed E-state index contributed by atoms with van der Waals surface area (Å²) in [5.74, 6) is 2.12. The summed E-state index contributed by atoms with van der Waals surface area (Å²) in [6, 6.07) is 18.2. The zero-order valence-corrected chi connectivity index (χ0v) is 20.8. The predicted molar refractivity (Wildman–Crippen MR) is 143 cm³/mol.